The van der Waals surface area contributed by atoms with E-state index in [0.717, 1.165) is 22.2 Å². The van der Waals surface area contributed by atoms with Gasteiger partial charge in [0.1, 0.15) is 5.76 Å². The van der Waals surface area contributed by atoms with Gasteiger partial charge in [-0.15, -0.1) is 11.8 Å². The lowest BCUT2D eigenvalue weighted by Gasteiger charge is -2.02. The van der Waals surface area contributed by atoms with Crippen LogP contribution in [0.1, 0.15) is 12.7 Å². The van der Waals surface area contributed by atoms with Gasteiger partial charge in [-0.2, -0.15) is 0 Å². The van der Waals surface area contributed by atoms with E-state index >= 15 is 0 Å². The van der Waals surface area contributed by atoms with Gasteiger partial charge in [-0.25, -0.2) is 0 Å². The van der Waals surface area contributed by atoms with Gasteiger partial charge in [0.15, 0.2) is 5.82 Å². The van der Waals surface area contributed by atoms with Crippen molar-refractivity contribution in [1.82, 2.24) is 5.16 Å². The summed E-state index contributed by atoms with van der Waals surface area (Å²) >= 11 is 3.38. The molecule has 0 fully saturated rings. The Bertz CT molecular complexity index is 468. The van der Waals surface area contributed by atoms with Crippen molar-refractivity contribution in [3.8, 4) is 0 Å². The zero-order valence-electron chi connectivity index (χ0n) is 9.77. The molecule has 1 heterocycles. The topological polar surface area (TPSA) is 38.1 Å². The molecule has 0 unspecified atom stereocenters. The summed E-state index contributed by atoms with van der Waals surface area (Å²) in [5.74, 6) is 2.66. The Hall–Kier alpha value is -1.07. The summed E-state index contributed by atoms with van der Waals surface area (Å²) in [6.07, 6.45) is 0. The van der Waals surface area contributed by atoms with Crippen molar-refractivity contribution >= 4 is 29.5 Å². The van der Waals surface area contributed by atoms with E-state index in [2.05, 4.69) is 41.1 Å². The van der Waals surface area contributed by atoms with E-state index in [9.17, 15) is 0 Å². The van der Waals surface area contributed by atoms with Crippen LogP contribution in [0.2, 0.25) is 0 Å². The van der Waals surface area contributed by atoms with Gasteiger partial charge in [-0.05, 0) is 48.9 Å². The molecule has 0 radical (unpaired) electrons. The first-order valence-corrected chi connectivity index (χ1v) is 7.17. The number of nitrogens with zero attached hydrogens (tertiary/aromatic N) is 1. The zero-order chi connectivity index (χ0) is 12.1. The molecule has 90 valence electrons. The van der Waals surface area contributed by atoms with Gasteiger partial charge < -0.3 is 9.25 Å². The average molecular weight is 266 g/mol. The van der Waals surface area contributed by atoms with Crippen LogP contribution in [0.4, 0.5) is 5.82 Å². The molecule has 0 aliphatic carbocycles. The van der Waals surface area contributed by atoms with Gasteiger partial charge in [0.2, 0.25) is 0 Å². The number of rotatable bonds is 5. The lowest BCUT2D eigenvalue weighted by molar-refractivity contribution is 0.400. The number of aryl methyl sites for hydroxylation is 1. The number of benzene rings is 1. The molecule has 1 N–H and O–H groups in total. The first-order chi connectivity index (χ1) is 8.28. The Labute approximate surface area is 109 Å². The van der Waals surface area contributed by atoms with Crippen LogP contribution in [0.3, 0.4) is 0 Å². The molecule has 1 aromatic heterocycles. The predicted molar refractivity (Wildman–Crippen MR) is 73.6 cm³/mol. The molecule has 5 heteroatoms. The molecule has 0 spiro atoms. The van der Waals surface area contributed by atoms with Crippen molar-refractivity contribution in [3.63, 3.8) is 0 Å². The smallest absolute Gasteiger partial charge is 0.179 e. The molecule has 1 aromatic carbocycles. The van der Waals surface area contributed by atoms with Gasteiger partial charge in [0, 0.05) is 15.9 Å². The average Bonchev–Trinajstić information content (AvgIpc) is 2.75. The Morgan fingerprint density at radius 3 is 2.53 bits per heavy atom. The first-order valence-electron chi connectivity index (χ1n) is 5.37. The van der Waals surface area contributed by atoms with Crippen LogP contribution in [-0.4, -0.2) is 10.9 Å². The highest BCUT2D eigenvalue weighted by atomic mass is 32.2. The third-order valence-corrected chi connectivity index (χ3v) is 3.75. The minimum Gasteiger partial charge on any atom is -0.360 e. The summed E-state index contributed by atoms with van der Waals surface area (Å²) in [5.41, 5.74) is 0. The minimum atomic E-state index is 0.750. The van der Waals surface area contributed by atoms with Crippen LogP contribution in [-0.2, 0) is 0 Å². The molecule has 0 aliphatic heterocycles. The SMILES string of the molecule is CCSc1ccc(SNc2cc(C)on2)cc1. The van der Waals surface area contributed by atoms with Crippen molar-refractivity contribution in [2.24, 2.45) is 0 Å². The maximum Gasteiger partial charge on any atom is 0.179 e. The Morgan fingerprint density at radius 1 is 1.24 bits per heavy atom. The molecular weight excluding hydrogens is 252 g/mol. The minimum absolute atomic E-state index is 0.750. The summed E-state index contributed by atoms with van der Waals surface area (Å²) in [7, 11) is 0. The summed E-state index contributed by atoms with van der Waals surface area (Å²) in [6.45, 7) is 4.03. The van der Waals surface area contributed by atoms with Crippen LogP contribution in [0.15, 0.2) is 44.6 Å². The number of nitrogens with one attached hydrogen (secondary N) is 1. The molecule has 0 bridgehead atoms. The third-order valence-electron chi connectivity index (χ3n) is 2.04. The Balaban J connectivity index is 1.90. The van der Waals surface area contributed by atoms with Crippen molar-refractivity contribution in [2.75, 3.05) is 10.5 Å². The fraction of sp³-hybridized carbons (Fsp3) is 0.250. The van der Waals surface area contributed by atoms with E-state index < -0.39 is 0 Å². The normalized spacial score (nSPS) is 10.5. The van der Waals surface area contributed by atoms with Crippen LogP contribution >= 0.6 is 23.7 Å². The fourth-order valence-electron chi connectivity index (χ4n) is 1.30. The summed E-state index contributed by atoms with van der Waals surface area (Å²) < 4.78 is 8.11. The molecule has 0 amide bonds. The molecule has 2 aromatic rings. The van der Waals surface area contributed by atoms with E-state index in [4.69, 9.17) is 4.52 Å². The molecule has 0 saturated carbocycles. The molecule has 3 nitrogen and oxygen atoms in total. The van der Waals surface area contributed by atoms with Crippen LogP contribution in [0, 0.1) is 6.92 Å². The van der Waals surface area contributed by atoms with Crippen LogP contribution < -0.4 is 4.72 Å². The largest absolute Gasteiger partial charge is 0.360 e. The quantitative estimate of drug-likeness (QED) is 0.648. The Morgan fingerprint density at radius 2 is 1.94 bits per heavy atom. The molecule has 0 saturated heterocycles. The number of thioether (sulfide) groups is 1. The molecule has 17 heavy (non-hydrogen) atoms. The van der Waals surface area contributed by atoms with E-state index in [0.29, 0.717) is 0 Å². The molecule has 0 aliphatic rings. The summed E-state index contributed by atoms with van der Waals surface area (Å²) in [5, 5.41) is 3.87. The van der Waals surface area contributed by atoms with Gasteiger partial charge in [-0.1, -0.05) is 12.1 Å². The lowest BCUT2D eigenvalue weighted by Crippen LogP contribution is -1.85. The molecule has 2 rings (SSSR count). The standard InChI is InChI=1S/C12H14N2OS2/c1-3-16-10-4-6-11(7-5-10)17-14-12-8-9(2)15-13-12/h4-8H,3H2,1-2H3,(H,13,14). The van der Waals surface area contributed by atoms with Crippen molar-refractivity contribution in [3.05, 3.63) is 36.1 Å². The predicted octanol–water partition coefficient (Wildman–Crippen LogP) is 4.21. The summed E-state index contributed by atoms with van der Waals surface area (Å²) in [6, 6.07) is 10.3. The highest BCUT2D eigenvalue weighted by Crippen LogP contribution is 2.24. The lowest BCUT2D eigenvalue weighted by atomic mass is 10.4. The van der Waals surface area contributed by atoms with Crippen molar-refractivity contribution in [2.45, 2.75) is 23.6 Å². The number of hydrogen-bond acceptors (Lipinski definition) is 5. The second-order valence-corrected chi connectivity index (χ2v) is 5.65. The number of hydrogen-bond donors (Lipinski definition) is 1. The highest BCUT2D eigenvalue weighted by Gasteiger charge is 2.00. The maximum absolute atomic E-state index is 4.97. The van der Waals surface area contributed by atoms with Crippen LogP contribution in [0.25, 0.3) is 0 Å². The second kappa shape index (κ2) is 6.02. The zero-order valence-corrected chi connectivity index (χ0v) is 11.4. The van der Waals surface area contributed by atoms with Gasteiger partial charge in [0.05, 0.1) is 0 Å². The summed E-state index contributed by atoms with van der Waals surface area (Å²) in [4.78, 5) is 2.46. The van der Waals surface area contributed by atoms with Gasteiger partial charge in [-0.3, -0.25) is 0 Å². The van der Waals surface area contributed by atoms with Gasteiger partial charge >= 0.3 is 0 Å². The maximum atomic E-state index is 4.97. The van der Waals surface area contributed by atoms with Crippen LogP contribution in [0.5, 0.6) is 0 Å². The third kappa shape index (κ3) is 3.71. The molecule has 0 atom stereocenters. The van der Waals surface area contributed by atoms with E-state index in [1.807, 2.05) is 24.8 Å². The highest BCUT2D eigenvalue weighted by molar-refractivity contribution is 8.00. The van der Waals surface area contributed by atoms with E-state index in [1.54, 1.807) is 0 Å². The number of aromatic nitrogens is 1. The van der Waals surface area contributed by atoms with Crippen molar-refractivity contribution < 1.29 is 4.52 Å². The second-order valence-electron chi connectivity index (χ2n) is 3.43. The monoisotopic (exact) mass is 266 g/mol. The molecular formula is C12H14N2OS2. The fourth-order valence-corrected chi connectivity index (χ4v) is 2.55. The van der Waals surface area contributed by atoms with Gasteiger partial charge in [0.25, 0.3) is 0 Å². The number of anilines is 1. The van der Waals surface area contributed by atoms with E-state index in [1.165, 1.54) is 16.8 Å². The first kappa shape index (κ1) is 12.4. The van der Waals surface area contributed by atoms with Crippen molar-refractivity contribution in [1.29, 1.82) is 0 Å². The van der Waals surface area contributed by atoms with E-state index in [-0.39, 0.29) is 0 Å². The Kier molecular flexibility index (Phi) is 4.39.